The van der Waals surface area contributed by atoms with E-state index in [9.17, 15) is 9.59 Å². The molecule has 1 aliphatic heterocycles. The van der Waals surface area contributed by atoms with E-state index in [0.717, 1.165) is 40.7 Å². The quantitative estimate of drug-likeness (QED) is 0.519. The van der Waals surface area contributed by atoms with Crippen LogP contribution in [0.3, 0.4) is 0 Å². The highest BCUT2D eigenvalue weighted by Gasteiger charge is 2.29. The van der Waals surface area contributed by atoms with E-state index in [1.54, 1.807) is 17.0 Å². The van der Waals surface area contributed by atoms with Crippen LogP contribution < -0.4 is 11.0 Å². The number of alkyl carbamates (subject to hydrolysis) is 1. The first kappa shape index (κ1) is 18.2. The predicted octanol–water partition coefficient (Wildman–Crippen LogP) is 2.43. The summed E-state index contributed by atoms with van der Waals surface area (Å²) in [6, 6.07) is 10.1. The highest BCUT2D eigenvalue weighted by atomic mass is 16.6. The Morgan fingerprint density at radius 1 is 1.06 bits per heavy atom. The van der Waals surface area contributed by atoms with E-state index in [-0.39, 0.29) is 23.9 Å². The van der Waals surface area contributed by atoms with Gasteiger partial charge in [-0.15, -0.1) is 0 Å². The Morgan fingerprint density at radius 3 is 2.74 bits per heavy atom. The number of aromatic nitrogens is 5. The van der Waals surface area contributed by atoms with Gasteiger partial charge in [0, 0.05) is 25.2 Å². The second kappa shape index (κ2) is 6.97. The summed E-state index contributed by atoms with van der Waals surface area (Å²) < 4.78 is 11.1. The molecule has 31 heavy (non-hydrogen) atoms. The molecule has 4 aromatic rings. The average Bonchev–Trinajstić information content (AvgIpc) is 3.33. The van der Waals surface area contributed by atoms with Crippen LogP contribution in [0.25, 0.3) is 22.1 Å². The lowest BCUT2D eigenvalue weighted by molar-refractivity contribution is 0.133. The first-order valence-corrected chi connectivity index (χ1v) is 10.6. The van der Waals surface area contributed by atoms with Crippen molar-refractivity contribution in [3.05, 3.63) is 59.0 Å². The third-order valence-electron chi connectivity index (χ3n) is 6.13. The second-order valence-electron chi connectivity index (χ2n) is 8.20. The van der Waals surface area contributed by atoms with Crippen LogP contribution in [0.15, 0.2) is 47.5 Å². The fourth-order valence-corrected chi connectivity index (χ4v) is 4.47. The molecule has 1 unspecified atom stereocenters. The van der Waals surface area contributed by atoms with Gasteiger partial charge in [-0.1, -0.05) is 12.1 Å². The van der Waals surface area contributed by atoms with Crippen molar-refractivity contribution in [2.24, 2.45) is 0 Å². The van der Waals surface area contributed by atoms with Gasteiger partial charge in [-0.05, 0) is 31.0 Å². The van der Waals surface area contributed by atoms with E-state index in [0.29, 0.717) is 26.1 Å². The SMILES string of the molecule is O=C1NCC(CCn2c(Cn3c(=O)n(C4CC4)c4ccncc43)nc3ccccc32)O1. The summed E-state index contributed by atoms with van der Waals surface area (Å²) in [5, 5.41) is 2.70. The number of rotatable bonds is 6. The Hall–Kier alpha value is -3.62. The maximum atomic E-state index is 13.3. The molecule has 1 N–H and O–H groups in total. The number of amides is 1. The fraction of sp³-hybridized carbons (Fsp3) is 0.364. The minimum Gasteiger partial charge on any atom is -0.444 e. The second-order valence-corrected chi connectivity index (χ2v) is 8.20. The van der Waals surface area contributed by atoms with E-state index in [4.69, 9.17) is 9.72 Å². The minimum atomic E-state index is -0.368. The van der Waals surface area contributed by atoms with Crippen molar-refractivity contribution >= 4 is 28.2 Å². The van der Waals surface area contributed by atoms with Crippen LogP contribution in [0.4, 0.5) is 4.79 Å². The zero-order valence-corrected chi connectivity index (χ0v) is 16.9. The molecule has 0 bridgehead atoms. The van der Waals surface area contributed by atoms with Gasteiger partial charge in [0.15, 0.2) is 0 Å². The largest absolute Gasteiger partial charge is 0.444 e. The zero-order valence-electron chi connectivity index (χ0n) is 16.9. The maximum Gasteiger partial charge on any atom is 0.407 e. The number of imidazole rings is 2. The van der Waals surface area contributed by atoms with Crippen LogP contribution in [-0.2, 0) is 17.8 Å². The van der Waals surface area contributed by atoms with Crippen molar-refractivity contribution < 1.29 is 9.53 Å². The van der Waals surface area contributed by atoms with E-state index in [2.05, 4.69) is 14.9 Å². The summed E-state index contributed by atoms with van der Waals surface area (Å²) >= 11 is 0. The van der Waals surface area contributed by atoms with Gasteiger partial charge < -0.3 is 14.6 Å². The van der Waals surface area contributed by atoms with Gasteiger partial charge in [-0.25, -0.2) is 14.6 Å². The average molecular weight is 418 g/mol. The van der Waals surface area contributed by atoms with Crippen LogP contribution >= 0.6 is 0 Å². The third-order valence-corrected chi connectivity index (χ3v) is 6.13. The molecule has 1 aliphatic carbocycles. The van der Waals surface area contributed by atoms with Crippen LogP contribution in [0, 0.1) is 0 Å². The molecular formula is C22H22N6O3. The number of carbonyl (C=O) groups excluding carboxylic acids is 1. The number of aryl methyl sites for hydroxylation is 1. The number of carbonyl (C=O) groups is 1. The lowest BCUT2D eigenvalue weighted by Gasteiger charge is -2.12. The first-order valence-electron chi connectivity index (χ1n) is 10.6. The molecule has 1 atom stereocenters. The van der Waals surface area contributed by atoms with E-state index < -0.39 is 0 Å². The summed E-state index contributed by atoms with van der Waals surface area (Å²) in [5.41, 5.74) is 3.63. The molecule has 158 valence electrons. The third kappa shape index (κ3) is 3.08. The number of hydrogen-bond acceptors (Lipinski definition) is 5. The van der Waals surface area contributed by atoms with Crippen molar-refractivity contribution in [2.45, 2.75) is 44.5 Å². The maximum absolute atomic E-state index is 13.3. The first-order chi connectivity index (χ1) is 15.2. The molecule has 9 nitrogen and oxygen atoms in total. The molecule has 4 heterocycles. The molecule has 0 spiro atoms. The Kier molecular flexibility index (Phi) is 4.09. The Labute approximate surface area is 177 Å². The van der Waals surface area contributed by atoms with Crippen LogP contribution in [0.5, 0.6) is 0 Å². The van der Waals surface area contributed by atoms with E-state index >= 15 is 0 Å². The molecule has 0 radical (unpaired) electrons. The lowest BCUT2D eigenvalue weighted by atomic mass is 10.2. The van der Waals surface area contributed by atoms with Gasteiger partial charge in [0.05, 0.1) is 41.4 Å². The number of ether oxygens (including phenoxy) is 1. The number of benzene rings is 1. The van der Waals surface area contributed by atoms with Gasteiger partial charge >= 0.3 is 11.8 Å². The van der Waals surface area contributed by atoms with E-state index in [1.165, 1.54) is 0 Å². The lowest BCUT2D eigenvalue weighted by Crippen LogP contribution is -2.25. The summed E-state index contributed by atoms with van der Waals surface area (Å²) in [4.78, 5) is 33.8. The van der Waals surface area contributed by atoms with Gasteiger partial charge in [-0.3, -0.25) is 14.1 Å². The normalized spacial score (nSPS) is 18.6. The molecule has 2 fully saturated rings. The molecule has 1 saturated carbocycles. The number of fused-ring (bicyclic) bond motifs is 2. The summed E-state index contributed by atoms with van der Waals surface area (Å²) in [6.07, 6.45) is 5.70. The molecule has 1 saturated heterocycles. The minimum absolute atomic E-state index is 0.0157. The van der Waals surface area contributed by atoms with Gasteiger partial charge in [0.2, 0.25) is 0 Å². The van der Waals surface area contributed by atoms with Gasteiger partial charge in [0.25, 0.3) is 0 Å². The zero-order chi connectivity index (χ0) is 20.9. The highest BCUT2D eigenvalue weighted by Crippen LogP contribution is 2.36. The molecule has 3 aromatic heterocycles. The standard InChI is InChI=1S/C22H22N6O3/c29-21-24-11-15(31-21)8-10-26-17-4-2-1-3-16(17)25-20(26)13-27-19-12-23-9-7-18(19)28(22(27)30)14-5-6-14/h1-4,7,9,12,14-15H,5-6,8,10-11,13H2,(H,24,29). The monoisotopic (exact) mass is 418 g/mol. The Bertz CT molecular complexity index is 1360. The number of cyclic esters (lactones) is 1. The summed E-state index contributed by atoms with van der Waals surface area (Å²) in [7, 11) is 0. The smallest absolute Gasteiger partial charge is 0.407 e. The van der Waals surface area contributed by atoms with E-state index in [1.807, 2.05) is 34.9 Å². The molecular weight excluding hydrogens is 396 g/mol. The van der Waals surface area contributed by atoms with Gasteiger partial charge in [-0.2, -0.15) is 0 Å². The van der Waals surface area contributed by atoms with Gasteiger partial charge in [0.1, 0.15) is 11.9 Å². The number of para-hydroxylation sites is 2. The molecule has 2 aliphatic rings. The van der Waals surface area contributed by atoms with Crippen molar-refractivity contribution in [3.63, 3.8) is 0 Å². The fourth-order valence-electron chi connectivity index (χ4n) is 4.47. The summed E-state index contributed by atoms with van der Waals surface area (Å²) in [6.45, 7) is 1.52. The number of nitrogens with one attached hydrogen (secondary N) is 1. The summed E-state index contributed by atoms with van der Waals surface area (Å²) in [5.74, 6) is 0.805. The Balaban J connectivity index is 1.41. The number of hydrogen-bond donors (Lipinski definition) is 1. The predicted molar refractivity (Wildman–Crippen MR) is 114 cm³/mol. The Morgan fingerprint density at radius 2 is 1.94 bits per heavy atom. The molecule has 1 aromatic carbocycles. The highest BCUT2D eigenvalue weighted by molar-refractivity contribution is 5.77. The van der Waals surface area contributed by atoms with Crippen molar-refractivity contribution in [1.82, 2.24) is 29.0 Å². The number of pyridine rings is 1. The van der Waals surface area contributed by atoms with Crippen molar-refractivity contribution in [2.75, 3.05) is 6.54 Å². The van der Waals surface area contributed by atoms with Crippen molar-refractivity contribution in [1.29, 1.82) is 0 Å². The number of nitrogens with zero attached hydrogens (tertiary/aromatic N) is 5. The van der Waals surface area contributed by atoms with Crippen LogP contribution in [0.2, 0.25) is 0 Å². The molecule has 1 amide bonds. The van der Waals surface area contributed by atoms with Crippen molar-refractivity contribution in [3.8, 4) is 0 Å². The topological polar surface area (TPSA) is 96.0 Å². The molecule has 6 rings (SSSR count). The molecule has 9 heteroatoms. The van der Waals surface area contributed by atoms with Crippen LogP contribution in [-0.4, -0.2) is 42.4 Å². The van der Waals surface area contributed by atoms with Crippen LogP contribution in [0.1, 0.15) is 31.1 Å².